The lowest BCUT2D eigenvalue weighted by molar-refractivity contribution is -0.161. The summed E-state index contributed by atoms with van der Waals surface area (Å²) >= 11 is 0. The molecule has 0 aliphatic heterocycles. The van der Waals surface area contributed by atoms with Crippen molar-refractivity contribution in [3.8, 4) is 0 Å². The van der Waals surface area contributed by atoms with Crippen LogP contribution < -0.4 is 0 Å². The smallest absolute Gasteiger partial charge is 0.462 e. The van der Waals surface area contributed by atoms with Gasteiger partial charge in [-0.25, -0.2) is 4.57 Å². The van der Waals surface area contributed by atoms with Crippen LogP contribution in [-0.4, -0.2) is 68.3 Å². The Labute approximate surface area is 305 Å². The van der Waals surface area contributed by atoms with E-state index in [0.717, 1.165) is 51.4 Å². The molecule has 0 aliphatic rings. The minimum absolute atomic E-state index is 0.0000889. The first-order valence-electron chi connectivity index (χ1n) is 19.4. The van der Waals surface area contributed by atoms with Crippen molar-refractivity contribution < 1.29 is 37.6 Å². The number of allylic oxidation sites excluding steroid dienone is 8. The minimum atomic E-state index is -4.36. The molecular formula is C40H72NO8P. The summed E-state index contributed by atoms with van der Waals surface area (Å²) in [7, 11) is -0.730. The lowest BCUT2D eigenvalue weighted by Crippen LogP contribution is -2.29. The van der Waals surface area contributed by atoms with Gasteiger partial charge in [-0.1, -0.05) is 133 Å². The van der Waals surface area contributed by atoms with Crippen LogP contribution in [0.5, 0.6) is 0 Å². The Hall–Kier alpha value is -2.03. The number of hydrogen-bond acceptors (Lipinski definition) is 8. The number of nitrogens with zero attached hydrogens (tertiary/aromatic N) is 1. The van der Waals surface area contributed by atoms with Gasteiger partial charge in [-0.15, -0.1) is 0 Å². The molecule has 0 fully saturated rings. The Morgan fingerprint density at radius 2 is 1.14 bits per heavy atom. The molecule has 0 heterocycles. The zero-order valence-electron chi connectivity index (χ0n) is 32.1. The van der Waals surface area contributed by atoms with E-state index in [1.165, 1.54) is 57.8 Å². The summed E-state index contributed by atoms with van der Waals surface area (Å²) in [5.74, 6) is -0.854. The maximum atomic E-state index is 12.6. The molecule has 50 heavy (non-hydrogen) atoms. The van der Waals surface area contributed by atoms with E-state index in [0.29, 0.717) is 19.4 Å². The fourth-order valence-corrected chi connectivity index (χ4v) is 5.65. The van der Waals surface area contributed by atoms with Crippen LogP contribution in [0.15, 0.2) is 48.6 Å². The quantitative estimate of drug-likeness (QED) is 0.0295. The average molecular weight is 726 g/mol. The normalized spacial score (nSPS) is 14.0. The van der Waals surface area contributed by atoms with Crippen molar-refractivity contribution >= 4 is 19.8 Å². The van der Waals surface area contributed by atoms with E-state index < -0.39 is 32.5 Å². The third-order valence-electron chi connectivity index (χ3n) is 7.90. The number of rotatable bonds is 35. The van der Waals surface area contributed by atoms with E-state index >= 15 is 0 Å². The van der Waals surface area contributed by atoms with Crippen molar-refractivity contribution in [1.82, 2.24) is 4.90 Å². The molecule has 0 bridgehead atoms. The van der Waals surface area contributed by atoms with Gasteiger partial charge in [-0.05, 0) is 65.5 Å². The van der Waals surface area contributed by atoms with Gasteiger partial charge < -0.3 is 19.3 Å². The summed E-state index contributed by atoms with van der Waals surface area (Å²) in [5, 5.41) is 0. The highest BCUT2D eigenvalue weighted by Crippen LogP contribution is 2.43. The molecule has 290 valence electrons. The Kier molecular flexibility index (Phi) is 33.9. The summed E-state index contributed by atoms with van der Waals surface area (Å²) in [5.41, 5.74) is 0. The van der Waals surface area contributed by atoms with E-state index in [1.54, 1.807) is 0 Å². The summed E-state index contributed by atoms with van der Waals surface area (Å²) in [6.45, 7) is 4.14. The van der Waals surface area contributed by atoms with Crippen molar-refractivity contribution in [2.24, 2.45) is 0 Å². The van der Waals surface area contributed by atoms with Gasteiger partial charge in [0.05, 0.1) is 13.2 Å². The fraction of sp³-hybridized carbons (Fsp3) is 0.750. The number of likely N-dealkylation sites (N-methyl/N-ethyl adjacent to an activating group) is 1. The van der Waals surface area contributed by atoms with Crippen LogP contribution in [0.4, 0.5) is 0 Å². The lowest BCUT2D eigenvalue weighted by atomic mass is 10.0. The second-order valence-corrected chi connectivity index (χ2v) is 14.5. The van der Waals surface area contributed by atoms with Crippen molar-refractivity contribution in [1.29, 1.82) is 0 Å². The monoisotopic (exact) mass is 725 g/mol. The number of phosphoric ester groups is 1. The summed E-state index contributed by atoms with van der Waals surface area (Å²) in [4.78, 5) is 36.8. The number of hydrogen-bond donors (Lipinski definition) is 1. The van der Waals surface area contributed by atoms with Crippen LogP contribution in [-0.2, 0) is 32.7 Å². The van der Waals surface area contributed by atoms with Crippen LogP contribution in [0, 0.1) is 0 Å². The topological polar surface area (TPSA) is 112 Å². The number of ether oxygens (including phenoxy) is 2. The highest BCUT2D eigenvalue weighted by Gasteiger charge is 2.26. The summed E-state index contributed by atoms with van der Waals surface area (Å²) < 4.78 is 33.3. The molecule has 0 amide bonds. The van der Waals surface area contributed by atoms with Gasteiger partial charge in [0.25, 0.3) is 0 Å². The molecule has 0 saturated carbocycles. The summed E-state index contributed by atoms with van der Waals surface area (Å²) in [6, 6.07) is 0. The Morgan fingerprint density at radius 1 is 0.640 bits per heavy atom. The molecule has 0 saturated heterocycles. The molecule has 0 aromatic heterocycles. The van der Waals surface area contributed by atoms with Crippen LogP contribution in [0.25, 0.3) is 0 Å². The third kappa shape index (κ3) is 35.8. The first-order valence-corrected chi connectivity index (χ1v) is 20.9. The number of carbonyl (C=O) groups excluding carboxylic acids is 2. The highest BCUT2D eigenvalue weighted by atomic mass is 31.2. The lowest BCUT2D eigenvalue weighted by Gasteiger charge is -2.20. The Morgan fingerprint density at radius 3 is 1.70 bits per heavy atom. The highest BCUT2D eigenvalue weighted by molar-refractivity contribution is 7.47. The minimum Gasteiger partial charge on any atom is -0.462 e. The summed E-state index contributed by atoms with van der Waals surface area (Å²) in [6.07, 6.45) is 37.3. The second kappa shape index (κ2) is 35.4. The van der Waals surface area contributed by atoms with Gasteiger partial charge in [0.2, 0.25) is 0 Å². The van der Waals surface area contributed by atoms with Gasteiger partial charge in [-0.3, -0.25) is 18.6 Å². The van der Waals surface area contributed by atoms with Crippen LogP contribution in [0.1, 0.15) is 149 Å². The predicted octanol–water partition coefficient (Wildman–Crippen LogP) is 10.6. The van der Waals surface area contributed by atoms with Crippen molar-refractivity contribution in [3.63, 3.8) is 0 Å². The van der Waals surface area contributed by atoms with Crippen LogP contribution >= 0.6 is 7.82 Å². The molecule has 2 atom stereocenters. The molecule has 1 N–H and O–H groups in total. The van der Waals surface area contributed by atoms with Gasteiger partial charge in [0, 0.05) is 19.4 Å². The van der Waals surface area contributed by atoms with E-state index in [1.807, 2.05) is 19.0 Å². The first-order chi connectivity index (χ1) is 24.2. The maximum absolute atomic E-state index is 12.6. The van der Waals surface area contributed by atoms with E-state index in [4.69, 9.17) is 18.5 Å². The van der Waals surface area contributed by atoms with Gasteiger partial charge >= 0.3 is 19.8 Å². The number of phosphoric acid groups is 1. The molecular weight excluding hydrogens is 653 g/mol. The molecule has 2 unspecified atom stereocenters. The third-order valence-corrected chi connectivity index (χ3v) is 8.88. The Balaban J connectivity index is 4.43. The zero-order valence-corrected chi connectivity index (χ0v) is 33.0. The van der Waals surface area contributed by atoms with E-state index in [9.17, 15) is 19.0 Å². The molecule has 0 spiro atoms. The zero-order chi connectivity index (χ0) is 37.0. The number of esters is 2. The van der Waals surface area contributed by atoms with Crippen molar-refractivity contribution in [3.05, 3.63) is 48.6 Å². The molecule has 0 radical (unpaired) electrons. The fourth-order valence-electron chi connectivity index (χ4n) is 4.91. The second-order valence-electron chi connectivity index (χ2n) is 13.1. The molecule has 0 aliphatic carbocycles. The van der Waals surface area contributed by atoms with Crippen LogP contribution in [0.2, 0.25) is 0 Å². The van der Waals surface area contributed by atoms with Crippen LogP contribution in [0.3, 0.4) is 0 Å². The molecule has 0 aromatic rings. The number of unbranched alkanes of at least 4 members (excludes halogenated alkanes) is 13. The standard InChI is InChI=1S/C40H72NO8P/c1-5-7-9-11-13-15-17-19-20-21-23-24-26-28-30-32-39(42)46-36-38(37-48-50(44,45)47-35-34-41(3)4)49-40(43)33-31-29-27-25-22-18-16-14-12-10-8-6-2/h7,9,13,15,19-20,23-24,38H,5-6,8,10-12,14,16-18,21-22,25-37H2,1-4H3,(H,44,45)/b9-7-,15-13-,20-19-,24-23-. The van der Waals surface area contributed by atoms with E-state index in [2.05, 4.69) is 62.5 Å². The molecule has 9 nitrogen and oxygen atoms in total. The largest absolute Gasteiger partial charge is 0.472 e. The van der Waals surface area contributed by atoms with Crippen molar-refractivity contribution in [2.45, 2.75) is 155 Å². The van der Waals surface area contributed by atoms with Gasteiger partial charge in [0.1, 0.15) is 6.61 Å². The SMILES string of the molecule is CC/C=C\C/C=C\C/C=C\C/C=C\CCCCC(=O)OCC(COP(=O)(O)OCCN(C)C)OC(=O)CCCCCCCCCCCCCC. The molecule has 0 aromatic carbocycles. The first kappa shape index (κ1) is 48.0. The number of carbonyl (C=O) groups is 2. The molecule has 10 heteroatoms. The van der Waals surface area contributed by atoms with Gasteiger partial charge in [-0.2, -0.15) is 0 Å². The maximum Gasteiger partial charge on any atom is 0.472 e. The predicted molar refractivity (Wildman–Crippen MR) is 206 cm³/mol. The van der Waals surface area contributed by atoms with E-state index in [-0.39, 0.29) is 26.1 Å². The molecule has 0 rings (SSSR count). The Bertz CT molecular complexity index is 978. The average Bonchev–Trinajstić information content (AvgIpc) is 3.08. The van der Waals surface area contributed by atoms with Crippen molar-refractivity contribution in [2.75, 3.05) is 40.5 Å². The van der Waals surface area contributed by atoms with Gasteiger partial charge in [0.15, 0.2) is 6.10 Å².